The molecule has 1 saturated heterocycles. The Bertz CT molecular complexity index is 586. The first kappa shape index (κ1) is 19.5. The number of nitrogens with zero attached hydrogens (tertiary/aromatic N) is 1. The zero-order valence-corrected chi connectivity index (χ0v) is 15.8. The van der Waals surface area contributed by atoms with Crippen LogP contribution >= 0.6 is 0 Å². The fourth-order valence-electron chi connectivity index (χ4n) is 3.35. The molecular weight excluding hydrogens is 314 g/mol. The highest BCUT2D eigenvalue weighted by atomic mass is 16.5. The largest absolute Gasteiger partial charge is 0.496 e. The summed E-state index contributed by atoms with van der Waals surface area (Å²) < 4.78 is 5.36. The number of rotatable bonds is 8. The van der Waals surface area contributed by atoms with Crippen molar-refractivity contribution in [3.63, 3.8) is 0 Å². The summed E-state index contributed by atoms with van der Waals surface area (Å²) in [4.78, 5) is 14.6. The number of likely N-dealkylation sites (tertiary alicyclic amines) is 1. The van der Waals surface area contributed by atoms with Crippen molar-refractivity contribution in [1.29, 1.82) is 0 Å². The van der Waals surface area contributed by atoms with Crippen LogP contribution in [0.25, 0.3) is 6.08 Å². The number of nitrogens with one attached hydrogen (secondary N) is 2. The number of benzene rings is 1. The molecule has 0 aliphatic carbocycles. The second kappa shape index (κ2) is 9.59. The van der Waals surface area contributed by atoms with Crippen LogP contribution in [-0.4, -0.2) is 55.7 Å². The van der Waals surface area contributed by atoms with E-state index in [0.29, 0.717) is 18.6 Å². The first-order valence-corrected chi connectivity index (χ1v) is 9.13. The van der Waals surface area contributed by atoms with Crippen LogP contribution in [0.5, 0.6) is 5.75 Å². The summed E-state index contributed by atoms with van der Waals surface area (Å²) >= 11 is 0. The van der Waals surface area contributed by atoms with Crippen molar-refractivity contribution in [2.75, 3.05) is 26.7 Å². The summed E-state index contributed by atoms with van der Waals surface area (Å²) in [7, 11) is 1.69. The lowest BCUT2D eigenvalue weighted by Gasteiger charge is -2.27. The second-order valence-electron chi connectivity index (χ2n) is 6.69. The molecule has 0 bridgehead atoms. The van der Waals surface area contributed by atoms with E-state index in [1.165, 1.54) is 0 Å². The Morgan fingerprint density at radius 3 is 2.84 bits per heavy atom. The van der Waals surface area contributed by atoms with Gasteiger partial charge in [-0.25, -0.2) is 0 Å². The van der Waals surface area contributed by atoms with E-state index in [2.05, 4.69) is 41.5 Å². The molecule has 2 N–H and O–H groups in total. The van der Waals surface area contributed by atoms with Crippen molar-refractivity contribution >= 4 is 12.0 Å². The number of hydrogen-bond acceptors (Lipinski definition) is 4. The predicted octanol–water partition coefficient (Wildman–Crippen LogP) is 2.29. The van der Waals surface area contributed by atoms with Gasteiger partial charge in [0, 0.05) is 37.3 Å². The van der Waals surface area contributed by atoms with Gasteiger partial charge in [-0.05, 0) is 33.3 Å². The number of carbonyl (C=O) groups excluding carboxylic acids is 1. The van der Waals surface area contributed by atoms with Gasteiger partial charge in [0.2, 0.25) is 5.91 Å². The van der Waals surface area contributed by atoms with Gasteiger partial charge in [-0.1, -0.05) is 30.4 Å². The third kappa shape index (κ3) is 5.31. The molecule has 2 atom stereocenters. The average molecular weight is 345 g/mol. The number of hydrogen-bond donors (Lipinski definition) is 2. The van der Waals surface area contributed by atoms with Crippen LogP contribution in [0.3, 0.4) is 0 Å². The smallest absolute Gasteiger partial charge is 0.237 e. The average Bonchev–Trinajstić information content (AvgIpc) is 3.04. The minimum atomic E-state index is -0.0318. The third-order valence-electron chi connectivity index (χ3n) is 4.62. The highest BCUT2D eigenvalue weighted by Crippen LogP contribution is 2.21. The maximum absolute atomic E-state index is 12.3. The molecule has 25 heavy (non-hydrogen) atoms. The third-order valence-corrected chi connectivity index (χ3v) is 4.62. The second-order valence-corrected chi connectivity index (χ2v) is 6.69. The molecule has 0 spiro atoms. The quantitative estimate of drug-likeness (QED) is 0.759. The van der Waals surface area contributed by atoms with Crippen molar-refractivity contribution in [3.8, 4) is 5.75 Å². The van der Waals surface area contributed by atoms with Gasteiger partial charge in [0.15, 0.2) is 0 Å². The molecule has 1 amide bonds. The van der Waals surface area contributed by atoms with E-state index >= 15 is 0 Å². The van der Waals surface area contributed by atoms with Crippen LogP contribution in [0.4, 0.5) is 0 Å². The maximum Gasteiger partial charge on any atom is 0.237 e. The fourth-order valence-corrected chi connectivity index (χ4v) is 3.35. The number of amides is 1. The molecule has 2 rings (SSSR count). The molecule has 1 aliphatic rings. The summed E-state index contributed by atoms with van der Waals surface area (Å²) in [6.07, 6.45) is 5.03. The lowest BCUT2D eigenvalue weighted by atomic mass is 10.1. The molecule has 5 heteroatoms. The number of methoxy groups -OCH3 is 1. The zero-order chi connectivity index (χ0) is 18.2. The molecule has 1 heterocycles. The zero-order valence-electron chi connectivity index (χ0n) is 15.8. The monoisotopic (exact) mass is 345 g/mol. The summed E-state index contributed by atoms with van der Waals surface area (Å²) in [5.41, 5.74) is 1.07. The Balaban J connectivity index is 1.88. The summed E-state index contributed by atoms with van der Waals surface area (Å²) in [6, 6.07) is 8.63. The molecule has 1 aromatic rings. The molecule has 1 aromatic carbocycles. The van der Waals surface area contributed by atoms with Gasteiger partial charge >= 0.3 is 0 Å². The van der Waals surface area contributed by atoms with Crippen LogP contribution in [0.1, 0.15) is 32.8 Å². The number of para-hydroxylation sites is 1. The SMILES string of the molecule is CCNC(=O)[C@@H]1C[C@H](NC/C=C/c2ccccc2OC)CN1C(C)C. The van der Waals surface area contributed by atoms with E-state index in [1.807, 2.05) is 31.2 Å². The van der Waals surface area contributed by atoms with Crippen LogP contribution in [-0.2, 0) is 4.79 Å². The van der Waals surface area contributed by atoms with Gasteiger partial charge < -0.3 is 15.4 Å². The number of likely N-dealkylation sites (N-methyl/N-ethyl adjacent to an activating group) is 1. The van der Waals surface area contributed by atoms with Gasteiger partial charge in [0.25, 0.3) is 0 Å². The highest BCUT2D eigenvalue weighted by molar-refractivity contribution is 5.82. The van der Waals surface area contributed by atoms with Crippen molar-refractivity contribution in [1.82, 2.24) is 15.5 Å². The minimum Gasteiger partial charge on any atom is -0.496 e. The van der Waals surface area contributed by atoms with Crippen LogP contribution < -0.4 is 15.4 Å². The maximum atomic E-state index is 12.3. The van der Waals surface area contributed by atoms with Crippen molar-refractivity contribution in [2.45, 2.75) is 45.3 Å². The first-order valence-electron chi connectivity index (χ1n) is 9.13. The summed E-state index contributed by atoms with van der Waals surface area (Å²) in [5.74, 6) is 1.02. The molecule has 0 saturated carbocycles. The Labute approximate surface area is 151 Å². The van der Waals surface area contributed by atoms with Crippen LogP contribution in [0.15, 0.2) is 30.3 Å². The minimum absolute atomic E-state index is 0.0318. The van der Waals surface area contributed by atoms with E-state index < -0.39 is 0 Å². The molecule has 0 radical (unpaired) electrons. The summed E-state index contributed by atoms with van der Waals surface area (Å²) in [5, 5.41) is 6.51. The van der Waals surface area contributed by atoms with Crippen LogP contribution in [0, 0.1) is 0 Å². The van der Waals surface area contributed by atoms with E-state index in [-0.39, 0.29) is 11.9 Å². The fraction of sp³-hybridized carbons (Fsp3) is 0.550. The van der Waals surface area contributed by atoms with Gasteiger partial charge in [-0.15, -0.1) is 0 Å². The van der Waals surface area contributed by atoms with E-state index in [4.69, 9.17) is 4.74 Å². The van der Waals surface area contributed by atoms with E-state index in [0.717, 1.165) is 30.8 Å². The van der Waals surface area contributed by atoms with E-state index in [9.17, 15) is 4.79 Å². The van der Waals surface area contributed by atoms with Gasteiger partial charge in [-0.2, -0.15) is 0 Å². The Morgan fingerprint density at radius 2 is 2.16 bits per heavy atom. The molecule has 1 fully saturated rings. The molecule has 0 unspecified atom stereocenters. The predicted molar refractivity (Wildman–Crippen MR) is 103 cm³/mol. The Hall–Kier alpha value is -1.85. The van der Waals surface area contributed by atoms with Gasteiger partial charge in [-0.3, -0.25) is 9.69 Å². The molecule has 1 aliphatic heterocycles. The molecule has 138 valence electrons. The number of ether oxygens (including phenoxy) is 1. The summed E-state index contributed by atoms with van der Waals surface area (Å²) in [6.45, 7) is 8.62. The number of carbonyl (C=O) groups is 1. The normalized spacial score (nSPS) is 21.2. The topological polar surface area (TPSA) is 53.6 Å². The highest BCUT2D eigenvalue weighted by Gasteiger charge is 2.37. The van der Waals surface area contributed by atoms with Crippen molar-refractivity contribution in [2.24, 2.45) is 0 Å². The lowest BCUT2D eigenvalue weighted by Crippen LogP contribution is -2.46. The lowest BCUT2D eigenvalue weighted by molar-refractivity contribution is -0.125. The van der Waals surface area contributed by atoms with E-state index in [1.54, 1.807) is 7.11 Å². The molecule has 0 aromatic heterocycles. The van der Waals surface area contributed by atoms with Crippen LogP contribution in [0.2, 0.25) is 0 Å². The van der Waals surface area contributed by atoms with Crippen molar-refractivity contribution < 1.29 is 9.53 Å². The molecule has 5 nitrogen and oxygen atoms in total. The molecular formula is C20H31N3O2. The first-order chi connectivity index (χ1) is 12.1. The Kier molecular flexibility index (Phi) is 7.47. The van der Waals surface area contributed by atoms with Gasteiger partial charge in [0.05, 0.1) is 13.2 Å². The van der Waals surface area contributed by atoms with Gasteiger partial charge in [0.1, 0.15) is 5.75 Å². The Morgan fingerprint density at radius 1 is 1.40 bits per heavy atom. The van der Waals surface area contributed by atoms with Crippen molar-refractivity contribution in [3.05, 3.63) is 35.9 Å². The standard InChI is InChI=1S/C20H31N3O2/c1-5-21-20(24)18-13-17(14-23(18)15(2)3)22-12-8-10-16-9-6-7-11-19(16)25-4/h6-11,15,17-18,22H,5,12-14H2,1-4H3,(H,21,24)/b10-8+/t17-,18-/m0/s1.